The van der Waals surface area contributed by atoms with Crippen LogP contribution < -0.4 is 10.2 Å². The van der Waals surface area contributed by atoms with Crippen molar-refractivity contribution in [3.63, 3.8) is 0 Å². The lowest BCUT2D eigenvalue weighted by atomic mass is 10.2. The van der Waals surface area contributed by atoms with Gasteiger partial charge in [0.05, 0.1) is 12.8 Å². The molecule has 0 unspecified atom stereocenters. The summed E-state index contributed by atoms with van der Waals surface area (Å²) in [5.74, 6) is 0.619. The van der Waals surface area contributed by atoms with Gasteiger partial charge in [0, 0.05) is 47.5 Å². The first-order valence-corrected chi connectivity index (χ1v) is 12.1. The molecule has 1 N–H and O–H groups in total. The van der Waals surface area contributed by atoms with Crippen molar-refractivity contribution in [3.05, 3.63) is 73.4 Å². The minimum atomic E-state index is -0.129. The average molecular weight is 637 g/mol. The average Bonchev–Trinajstić information content (AvgIpc) is 3.05. The molecule has 0 bridgehead atoms. The Morgan fingerprint density at radius 2 is 1.68 bits per heavy atom. The van der Waals surface area contributed by atoms with Crippen molar-refractivity contribution in [1.82, 2.24) is 9.99 Å². The van der Waals surface area contributed by atoms with Crippen LogP contribution in [-0.4, -0.2) is 23.3 Å². The molecule has 1 heterocycles. The van der Waals surface area contributed by atoms with E-state index in [9.17, 15) is 4.79 Å². The summed E-state index contributed by atoms with van der Waals surface area (Å²) in [7, 11) is 0. The van der Waals surface area contributed by atoms with Gasteiger partial charge >= 0.3 is 0 Å². The molecule has 1 amide bonds. The third kappa shape index (κ3) is 5.03. The first-order chi connectivity index (χ1) is 15.1. The molecule has 0 aliphatic carbocycles. The highest BCUT2D eigenvalue weighted by molar-refractivity contribution is 14.1. The largest absolute Gasteiger partial charge is 0.493 e. The van der Waals surface area contributed by atoms with Crippen LogP contribution in [0.3, 0.4) is 0 Å². The SMILES string of the molecule is CCOc1ccccc1/C=N/NC(=O)CCn1c2ccc(I)cc2c2cc(I)ccc21. The van der Waals surface area contributed by atoms with E-state index in [-0.39, 0.29) is 5.91 Å². The molecule has 158 valence electrons. The number of fused-ring (bicyclic) bond motifs is 3. The van der Waals surface area contributed by atoms with Gasteiger partial charge in [-0.1, -0.05) is 12.1 Å². The molecule has 0 radical (unpaired) electrons. The van der Waals surface area contributed by atoms with Gasteiger partial charge in [-0.2, -0.15) is 5.10 Å². The van der Waals surface area contributed by atoms with Crippen LogP contribution in [0.15, 0.2) is 65.8 Å². The van der Waals surface area contributed by atoms with Crippen molar-refractivity contribution in [3.8, 4) is 5.75 Å². The van der Waals surface area contributed by atoms with Gasteiger partial charge in [-0.05, 0) is 101 Å². The highest BCUT2D eigenvalue weighted by atomic mass is 127. The summed E-state index contributed by atoms with van der Waals surface area (Å²) in [4.78, 5) is 12.4. The Morgan fingerprint density at radius 1 is 1.03 bits per heavy atom. The first-order valence-electron chi connectivity index (χ1n) is 9.97. The Balaban J connectivity index is 1.50. The van der Waals surface area contributed by atoms with E-state index in [1.54, 1.807) is 6.21 Å². The molecule has 0 aliphatic rings. The van der Waals surface area contributed by atoms with E-state index in [4.69, 9.17) is 4.74 Å². The van der Waals surface area contributed by atoms with Gasteiger partial charge in [-0.25, -0.2) is 5.43 Å². The van der Waals surface area contributed by atoms with E-state index in [0.29, 0.717) is 19.6 Å². The van der Waals surface area contributed by atoms with Crippen molar-refractivity contribution in [1.29, 1.82) is 0 Å². The second kappa shape index (κ2) is 9.99. The van der Waals surface area contributed by atoms with E-state index in [2.05, 4.69) is 96.7 Å². The molecule has 4 rings (SSSR count). The molecule has 1 aromatic heterocycles. The lowest BCUT2D eigenvalue weighted by Crippen LogP contribution is -2.19. The Kier molecular flexibility index (Phi) is 7.11. The van der Waals surface area contributed by atoms with Gasteiger partial charge in [0.2, 0.25) is 5.91 Å². The molecule has 0 aliphatic heterocycles. The summed E-state index contributed by atoms with van der Waals surface area (Å²) in [5, 5.41) is 6.54. The van der Waals surface area contributed by atoms with E-state index in [1.165, 1.54) is 17.9 Å². The fraction of sp³-hybridized carbons (Fsp3) is 0.167. The summed E-state index contributed by atoms with van der Waals surface area (Å²) >= 11 is 4.68. The van der Waals surface area contributed by atoms with Crippen LogP contribution in [0.4, 0.5) is 0 Å². The number of carbonyl (C=O) groups is 1. The number of aromatic nitrogens is 1. The third-order valence-corrected chi connectivity index (χ3v) is 6.31. The van der Waals surface area contributed by atoms with Crippen molar-refractivity contribution in [2.24, 2.45) is 5.10 Å². The van der Waals surface area contributed by atoms with Crippen LogP contribution in [0.2, 0.25) is 0 Å². The molecule has 31 heavy (non-hydrogen) atoms. The zero-order chi connectivity index (χ0) is 21.8. The fourth-order valence-corrected chi connectivity index (χ4v) is 4.59. The second-order valence-corrected chi connectivity index (χ2v) is 9.48. The number of nitrogens with zero attached hydrogens (tertiary/aromatic N) is 2. The molecule has 0 saturated heterocycles. The quantitative estimate of drug-likeness (QED) is 0.155. The Hall–Kier alpha value is -2.14. The highest BCUT2D eigenvalue weighted by Gasteiger charge is 2.12. The molecule has 0 fully saturated rings. The Bertz CT molecular complexity index is 1220. The fourth-order valence-electron chi connectivity index (χ4n) is 3.61. The van der Waals surface area contributed by atoms with E-state index < -0.39 is 0 Å². The maximum Gasteiger partial charge on any atom is 0.241 e. The number of carbonyl (C=O) groups excluding carboxylic acids is 1. The summed E-state index contributed by atoms with van der Waals surface area (Å²) in [5.41, 5.74) is 5.74. The molecule has 4 aromatic rings. The van der Waals surface area contributed by atoms with Crippen LogP contribution in [0.1, 0.15) is 18.9 Å². The smallest absolute Gasteiger partial charge is 0.241 e. The Labute approximate surface area is 208 Å². The second-order valence-electron chi connectivity index (χ2n) is 6.99. The number of halogens is 2. The van der Waals surface area contributed by atoms with Crippen molar-refractivity contribution >= 4 is 79.1 Å². The minimum Gasteiger partial charge on any atom is -0.493 e. The predicted molar refractivity (Wildman–Crippen MR) is 143 cm³/mol. The Morgan fingerprint density at radius 3 is 2.32 bits per heavy atom. The number of nitrogens with one attached hydrogen (secondary N) is 1. The predicted octanol–water partition coefficient (Wildman–Crippen LogP) is 5.94. The molecule has 7 heteroatoms. The molecular weight excluding hydrogens is 616 g/mol. The van der Waals surface area contributed by atoms with Crippen LogP contribution in [0.5, 0.6) is 5.75 Å². The number of hydrogen-bond acceptors (Lipinski definition) is 3. The molecule has 0 spiro atoms. The number of ether oxygens (including phenoxy) is 1. The van der Waals surface area contributed by atoms with Gasteiger partial charge in [0.15, 0.2) is 0 Å². The maximum atomic E-state index is 12.4. The first kappa shape index (κ1) is 22.1. The standard InChI is InChI=1S/C24H21I2N3O2/c1-2-31-23-6-4-3-5-16(23)15-27-28-24(30)11-12-29-21-9-7-17(25)13-19(21)20-14-18(26)8-10-22(20)29/h3-10,13-15H,2,11-12H2,1H3,(H,28,30)/b27-15+. The molecule has 0 saturated carbocycles. The monoisotopic (exact) mass is 637 g/mol. The lowest BCUT2D eigenvalue weighted by Gasteiger charge is -2.08. The van der Waals surface area contributed by atoms with Crippen LogP contribution in [-0.2, 0) is 11.3 Å². The summed E-state index contributed by atoms with van der Waals surface area (Å²) in [6, 6.07) is 20.5. The van der Waals surface area contributed by atoms with E-state index in [0.717, 1.165) is 22.3 Å². The molecular formula is C24H21I2N3O2. The molecule has 0 atom stereocenters. The number of hydrogen-bond donors (Lipinski definition) is 1. The topological polar surface area (TPSA) is 55.6 Å². The highest BCUT2D eigenvalue weighted by Crippen LogP contribution is 2.31. The van der Waals surface area contributed by atoms with Gasteiger partial charge in [-0.15, -0.1) is 0 Å². The number of benzene rings is 3. The number of amides is 1. The summed E-state index contributed by atoms with van der Waals surface area (Å²) < 4.78 is 10.2. The van der Waals surface area contributed by atoms with Gasteiger partial charge < -0.3 is 9.30 Å². The van der Waals surface area contributed by atoms with Gasteiger partial charge in [-0.3, -0.25) is 4.79 Å². The van der Waals surface area contributed by atoms with Gasteiger partial charge in [0.1, 0.15) is 5.75 Å². The number of hydrazone groups is 1. The van der Waals surface area contributed by atoms with Crippen LogP contribution >= 0.6 is 45.2 Å². The van der Waals surface area contributed by atoms with Crippen molar-refractivity contribution < 1.29 is 9.53 Å². The normalized spacial score (nSPS) is 11.5. The van der Waals surface area contributed by atoms with Gasteiger partial charge in [0.25, 0.3) is 0 Å². The van der Waals surface area contributed by atoms with Crippen LogP contribution in [0.25, 0.3) is 21.8 Å². The molecule has 5 nitrogen and oxygen atoms in total. The molecule has 3 aromatic carbocycles. The zero-order valence-corrected chi connectivity index (χ0v) is 21.3. The third-order valence-electron chi connectivity index (χ3n) is 4.96. The number of para-hydroxylation sites is 1. The van der Waals surface area contributed by atoms with Crippen molar-refractivity contribution in [2.75, 3.05) is 6.61 Å². The van der Waals surface area contributed by atoms with Crippen LogP contribution in [0, 0.1) is 7.14 Å². The maximum absolute atomic E-state index is 12.4. The van der Waals surface area contributed by atoms with E-state index >= 15 is 0 Å². The number of aryl methyl sites for hydroxylation is 1. The van der Waals surface area contributed by atoms with E-state index in [1.807, 2.05) is 31.2 Å². The lowest BCUT2D eigenvalue weighted by molar-refractivity contribution is -0.121. The summed E-state index contributed by atoms with van der Waals surface area (Å²) in [6.07, 6.45) is 1.95. The summed E-state index contributed by atoms with van der Waals surface area (Å²) in [6.45, 7) is 3.10. The number of rotatable bonds is 7. The zero-order valence-electron chi connectivity index (χ0n) is 16.9. The minimum absolute atomic E-state index is 0.129. The van der Waals surface area contributed by atoms with Crippen molar-refractivity contribution in [2.45, 2.75) is 19.9 Å².